The maximum Gasteiger partial charge on any atom is 0.170 e. The van der Waals surface area contributed by atoms with Crippen molar-refractivity contribution in [1.82, 2.24) is 19.8 Å². The largest absolute Gasteiger partial charge is 0.467 e. The summed E-state index contributed by atoms with van der Waals surface area (Å²) in [6, 6.07) is 15.0. The van der Waals surface area contributed by atoms with E-state index in [1.54, 1.807) is 6.26 Å². The summed E-state index contributed by atoms with van der Waals surface area (Å²) < 4.78 is 7.87. The molecule has 0 amide bonds. The molecule has 0 radical (unpaired) electrons. The Morgan fingerprint density at radius 2 is 2.00 bits per heavy atom. The van der Waals surface area contributed by atoms with E-state index in [1.165, 1.54) is 31.4 Å². The maximum absolute atomic E-state index is 5.82. The van der Waals surface area contributed by atoms with E-state index >= 15 is 0 Å². The minimum Gasteiger partial charge on any atom is -0.467 e. The summed E-state index contributed by atoms with van der Waals surface area (Å²) in [5.41, 5.74) is 2.27. The lowest BCUT2D eigenvalue weighted by molar-refractivity contribution is 0.236. The number of thiocarbonyl (C=S) groups is 1. The normalized spacial score (nSPS) is 22.7. The van der Waals surface area contributed by atoms with E-state index in [2.05, 4.69) is 44.2 Å². The van der Waals surface area contributed by atoms with Crippen LogP contribution in [0.15, 0.2) is 65.5 Å². The molecule has 6 heteroatoms. The highest BCUT2D eigenvalue weighted by Gasteiger charge is 2.44. The summed E-state index contributed by atoms with van der Waals surface area (Å²) in [7, 11) is 0. The maximum atomic E-state index is 5.82. The molecule has 2 fully saturated rings. The van der Waals surface area contributed by atoms with Crippen molar-refractivity contribution >= 4 is 17.3 Å². The number of aromatic nitrogens is 2. The van der Waals surface area contributed by atoms with Crippen LogP contribution in [0, 0.1) is 0 Å². The first-order valence-corrected chi connectivity index (χ1v) is 10.4. The molecule has 1 aliphatic carbocycles. The first kappa shape index (κ1) is 17.5. The van der Waals surface area contributed by atoms with E-state index in [4.69, 9.17) is 16.6 Å². The van der Waals surface area contributed by atoms with E-state index in [-0.39, 0.29) is 12.1 Å². The van der Waals surface area contributed by atoms with Gasteiger partial charge in [0.2, 0.25) is 0 Å². The lowest BCUT2D eigenvalue weighted by atomic mass is 9.99. The molecular formula is C22H24N4OS. The first-order valence-electron chi connectivity index (χ1n) is 9.98. The van der Waals surface area contributed by atoms with E-state index < -0.39 is 0 Å². The fourth-order valence-corrected chi connectivity index (χ4v) is 5.06. The van der Waals surface area contributed by atoms with Gasteiger partial charge in [-0.2, -0.15) is 0 Å². The molecule has 144 valence electrons. The number of hydrogen-bond acceptors (Lipinski definition) is 3. The molecule has 5 nitrogen and oxygen atoms in total. The summed E-state index contributed by atoms with van der Waals surface area (Å²) >= 11 is 5.82. The minimum atomic E-state index is 0.0413. The van der Waals surface area contributed by atoms with Gasteiger partial charge in [0.05, 0.1) is 30.6 Å². The van der Waals surface area contributed by atoms with Crippen molar-refractivity contribution in [3.63, 3.8) is 0 Å². The molecule has 0 unspecified atom stereocenters. The van der Waals surface area contributed by atoms with E-state index in [0.717, 1.165) is 16.6 Å². The zero-order valence-electron chi connectivity index (χ0n) is 15.7. The van der Waals surface area contributed by atoms with Gasteiger partial charge in [0.1, 0.15) is 5.76 Å². The molecule has 0 spiro atoms. The van der Waals surface area contributed by atoms with Crippen molar-refractivity contribution in [2.45, 2.75) is 50.4 Å². The van der Waals surface area contributed by atoms with Crippen molar-refractivity contribution in [1.29, 1.82) is 0 Å². The summed E-state index contributed by atoms with van der Waals surface area (Å²) in [5.74, 6) is 0.952. The molecule has 3 aromatic heterocycles. The first-order chi connectivity index (χ1) is 13.8. The van der Waals surface area contributed by atoms with Crippen LogP contribution in [-0.4, -0.2) is 25.6 Å². The summed E-state index contributed by atoms with van der Waals surface area (Å²) in [6.07, 6.45) is 10.7. The van der Waals surface area contributed by atoms with Crippen LogP contribution >= 0.6 is 12.2 Å². The fourth-order valence-electron chi connectivity index (χ4n) is 4.67. The SMILES string of the molecule is S=C1N[C@H](c2ccccn2)[C@H](c2cccn2Cc2ccco2)N1C1CCCC1. The van der Waals surface area contributed by atoms with Crippen molar-refractivity contribution in [2.75, 3.05) is 0 Å². The van der Waals surface area contributed by atoms with Gasteiger partial charge in [0.15, 0.2) is 5.11 Å². The van der Waals surface area contributed by atoms with Crippen molar-refractivity contribution < 1.29 is 4.42 Å². The number of hydrogen-bond donors (Lipinski definition) is 1. The third kappa shape index (κ3) is 3.11. The number of nitrogens with zero attached hydrogens (tertiary/aromatic N) is 3. The summed E-state index contributed by atoms with van der Waals surface area (Å²) in [5, 5.41) is 4.43. The van der Waals surface area contributed by atoms with Gasteiger partial charge in [-0.3, -0.25) is 4.98 Å². The molecule has 28 heavy (non-hydrogen) atoms. The third-order valence-corrected chi connectivity index (χ3v) is 6.26. The van der Waals surface area contributed by atoms with Crippen LogP contribution in [0.2, 0.25) is 0 Å². The monoisotopic (exact) mass is 392 g/mol. The highest BCUT2D eigenvalue weighted by Crippen LogP contribution is 2.43. The number of pyridine rings is 1. The Bertz CT molecular complexity index is 931. The average Bonchev–Trinajstić information content (AvgIpc) is 3.50. The molecule has 1 N–H and O–H groups in total. The van der Waals surface area contributed by atoms with E-state index in [1.807, 2.05) is 30.5 Å². The van der Waals surface area contributed by atoms with Gasteiger partial charge >= 0.3 is 0 Å². The van der Waals surface area contributed by atoms with Crippen molar-refractivity contribution in [2.24, 2.45) is 0 Å². The van der Waals surface area contributed by atoms with Crippen molar-refractivity contribution in [3.05, 3.63) is 78.3 Å². The standard InChI is InChI=1S/C22H24N4OS/c28-22-24-20(18-10-3-4-12-23-18)21(26(22)16-7-1-2-8-16)19-11-5-13-25(19)15-17-9-6-14-27-17/h3-6,9-14,16,20-21H,1-2,7-8,15H2,(H,24,28)/t20-,21+/m1/s1. The Balaban J connectivity index is 1.55. The predicted molar refractivity (Wildman–Crippen MR) is 112 cm³/mol. The Morgan fingerprint density at radius 1 is 1.11 bits per heavy atom. The predicted octanol–water partition coefficient (Wildman–Crippen LogP) is 4.44. The highest BCUT2D eigenvalue weighted by atomic mass is 32.1. The highest BCUT2D eigenvalue weighted by molar-refractivity contribution is 7.80. The van der Waals surface area contributed by atoms with Gasteiger partial charge in [0, 0.05) is 24.1 Å². The molecule has 0 bridgehead atoms. The van der Waals surface area contributed by atoms with Crippen LogP contribution in [0.5, 0.6) is 0 Å². The molecule has 1 saturated heterocycles. The van der Waals surface area contributed by atoms with Crippen LogP contribution in [0.3, 0.4) is 0 Å². The smallest absolute Gasteiger partial charge is 0.170 e. The lowest BCUT2D eigenvalue weighted by Gasteiger charge is -2.33. The van der Waals surface area contributed by atoms with Crippen LogP contribution in [0.25, 0.3) is 0 Å². The van der Waals surface area contributed by atoms with Gasteiger partial charge in [-0.1, -0.05) is 18.9 Å². The lowest BCUT2D eigenvalue weighted by Crippen LogP contribution is -2.38. The Kier molecular flexibility index (Phi) is 4.64. The van der Waals surface area contributed by atoms with Crippen LogP contribution < -0.4 is 5.32 Å². The van der Waals surface area contributed by atoms with Crippen molar-refractivity contribution in [3.8, 4) is 0 Å². The Morgan fingerprint density at radius 3 is 2.75 bits per heavy atom. The van der Waals surface area contributed by atoms with Gasteiger partial charge in [-0.05, 0) is 61.5 Å². The second kappa shape index (κ2) is 7.43. The van der Waals surface area contributed by atoms with Crippen LogP contribution in [0.4, 0.5) is 0 Å². The number of nitrogens with one attached hydrogen (secondary N) is 1. The van der Waals surface area contributed by atoms with Gasteiger partial charge in [-0.15, -0.1) is 0 Å². The summed E-state index contributed by atoms with van der Waals surface area (Å²) in [6.45, 7) is 0.714. The molecular weight excluding hydrogens is 368 g/mol. The molecule has 1 aliphatic heterocycles. The second-order valence-electron chi connectivity index (χ2n) is 7.61. The molecule has 2 aliphatic rings. The average molecular weight is 393 g/mol. The molecule has 2 atom stereocenters. The second-order valence-corrected chi connectivity index (χ2v) is 8.00. The fraction of sp³-hybridized carbons (Fsp3) is 0.364. The Hall–Kier alpha value is -2.60. The summed E-state index contributed by atoms with van der Waals surface area (Å²) in [4.78, 5) is 7.09. The molecule has 5 rings (SSSR count). The van der Waals surface area contributed by atoms with E-state index in [9.17, 15) is 0 Å². The van der Waals surface area contributed by atoms with Crippen LogP contribution in [0.1, 0.15) is 54.9 Å². The third-order valence-electron chi connectivity index (χ3n) is 5.93. The topological polar surface area (TPSA) is 46.2 Å². The number of furan rings is 1. The molecule has 1 saturated carbocycles. The minimum absolute atomic E-state index is 0.0413. The van der Waals surface area contributed by atoms with Crippen LogP contribution in [-0.2, 0) is 6.54 Å². The number of rotatable bonds is 5. The molecule has 4 heterocycles. The molecule has 3 aromatic rings. The Labute approximate surface area is 170 Å². The zero-order valence-corrected chi connectivity index (χ0v) is 16.5. The van der Waals surface area contributed by atoms with Gasteiger partial charge in [-0.25, -0.2) is 0 Å². The zero-order chi connectivity index (χ0) is 18.9. The van der Waals surface area contributed by atoms with E-state index in [0.29, 0.717) is 12.6 Å². The van der Waals surface area contributed by atoms with Gasteiger partial charge < -0.3 is 19.2 Å². The quantitative estimate of drug-likeness (QED) is 0.651. The van der Waals surface area contributed by atoms with Gasteiger partial charge in [0.25, 0.3) is 0 Å². The molecule has 0 aromatic carbocycles.